The van der Waals surface area contributed by atoms with Gasteiger partial charge in [0.2, 0.25) is 0 Å². The molecule has 0 saturated heterocycles. The van der Waals surface area contributed by atoms with Crippen LogP contribution in [-0.2, 0) is 0 Å². The van der Waals surface area contributed by atoms with Crippen LogP contribution in [0.3, 0.4) is 0 Å². The summed E-state index contributed by atoms with van der Waals surface area (Å²) in [5.41, 5.74) is 0.414. The topological polar surface area (TPSA) is 79.4 Å². The molecule has 5 heteroatoms. The smallest absolute Gasteiger partial charge is 0.261 e. The molecule has 0 aliphatic rings. The van der Waals surface area contributed by atoms with E-state index >= 15 is 0 Å². The molecule has 0 fully saturated rings. The van der Waals surface area contributed by atoms with Gasteiger partial charge in [-0.3, -0.25) is 0 Å². The van der Waals surface area contributed by atoms with Gasteiger partial charge in [-0.25, -0.2) is 0 Å². The van der Waals surface area contributed by atoms with Crippen molar-refractivity contribution in [3.63, 3.8) is 0 Å². The molecule has 1 heterocycles. The minimum atomic E-state index is -0.0843. The molecular weight excluding hydrogens is 208 g/mol. The van der Waals surface area contributed by atoms with Gasteiger partial charge in [0.1, 0.15) is 11.5 Å². The molecule has 84 valence electrons. The van der Waals surface area contributed by atoms with Gasteiger partial charge in [0.05, 0.1) is 5.56 Å². The number of aromatic hydroxyl groups is 2. The van der Waals surface area contributed by atoms with Crippen molar-refractivity contribution in [3.05, 3.63) is 24.0 Å². The highest BCUT2D eigenvalue weighted by molar-refractivity contribution is 5.63. The predicted molar refractivity (Wildman–Crippen MR) is 57.2 cm³/mol. The Morgan fingerprint density at radius 1 is 1.25 bits per heavy atom. The Labute approximate surface area is 92.4 Å². The first kappa shape index (κ1) is 10.5. The third-order valence-electron chi connectivity index (χ3n) is 2.17. The van der Waals surface area contributed by atoms with Crippen LogP contribution in [0.5, 0.6) is 11.5 Å². The molecule has 0 unspecified atom stereocenters. The zero-order valence-electron chi connectivity index (χ0n) is 9.01. The molecule has 0 bridgehead atoms. The average Bonchev–Trinajstić information content (AvgIpc) is 2.66. The van der Waals surface area contributed by atoms with E-state index in [4.69, 9.17) is 9.63 Å². The number of rotatable bonds is 2. The van der Waals surface area contributed by atoms with E-state index in [0.29, 0.717) is 11.4 Å². The monoisotopic (exact) mass is 220 g/mol. The summed E-state index contributed by atoms with van der Waals surface area (Å²) >= 11 is 0. The van der Waals surface area contributed by atoms with E-state index in [1.54, 1.807) is 0 Å². The van der Waals surface area contributed by atoms with Gasteiger partial charge in [0, 0.05) is 12.0 Å². The third-order valence-corrected chi connectivity index (χ3v) is 2.17. The summed E-state index contributed by atoms with van der Waals surface area (Å²) in [6.07, 6.45) is 0. The molecule has 0 spiro atoms. The first-order chi connectivity index (χ1) is 7.58. The van der Waals surface area contributed by atoms with Crippen molar-refractivity contribution < 1.29 is 14.7 Å². The summed E-state index contributed by atoms with van der Waals surface area (Å²) in [5, 5.41) is 22.6. The molecule has 0 aliphatic heterocycles. The fourth-order valence-electron chi connectivity index (χ4n) is 1.28. The largest absolute Gasteiger partial charge is 0.508 e. The number of benzene rings is 1. The van der Waals surface area contributed by atoms with Gasteiger partial charge in [-0.1, -0.05) is 19.0 Å². The van der Waals surface area contributed by atoms with E-state index in [2.05, 4.69) is 10.1 Å². The number of hydrogen-bond donors (Lipinski definition) is 2. The summed E-state index contributed by atoms with van der Waals surface area (Å²) < 4.78 is 5.03. The van der Waals surface area contributed by atoms with Crippen LogP contribution in [0.15, 0.2) is 22.7 Å². The van der Waals surface area contributed by atoms with Crippen molar-refractivity contribution in [2.24, 2.45) is 0 Å². The van der Waals surface area contributed by atoms with Crippen LogP contribution in [0.4, 0.5) is 0 Å². The van der Waals surface area contributed by atoms with Crippen LogP contribution in [0.2, 0.25) is 0 Å². The van der Waals surface area contributed by atoms with E-state index in [9.17, 15) is 5.11 Å². The van der Waals surface area contributed by atoms with E-state index in [1.807, 2.05) is 13.8 Å². The first-order valence-electron chi connectivity index (χ1n) is 4.94. The molecule has 0 aliphatic carbocycles. The summed E-state index contributed by atoms with van der Waals surface area (Å²) in [6.45, 7) is 3.90. The molecule has 0 atom stereocenters. The fraction of sp³-hybridized carbons (Fsp3) is 0.273. The second-order valence-electron chi connectivity index (χ2n) is 3.81. The Kier molecular flexibility index (Phi) is 2.52. The van der Waals surface area contributed by atoms with Gasteiger partial charge in [0.25, 0.3) is 5.89 Å². The third kappa shape index (κ3) is 1.84. The van der Waals surface area contributed by atoms with E-state index in [0.717, 1.165) is 0 Å². The summed E-state index contributed by atoms with van der Waals surface area (Å²) in [4.78, 5) is 4.15. The summed E-state index contributed by atoms with van der Waals surface area (Å²) in [7, 11) is 0. The number of phenols is 2. The number of nitrogens with zero attached hydrogens (tertiary/aromatic N) is 2. The molecule has 0 radical (unpaired) electrons. The lowest BCUT2D eigenvalue weighted by molar-refractivity contribution is 0.413. The van der Waals surface area contributed by atoms with Crippen LogP contribution in [0.1, 0.15) is 25.6 Å². The lowest BCUT2D eigenvalue weighted by Gasteiger charge is -1.99. The maximum absolute atomic E-state index is 9.60. The van der Waals surface area contributed by atoms with Crippen molar-refractivity contribution in [2.45, 2.75) is 19.8 Å². The number of hydrogen-bond acceptors (Lipinski definition) is 5. The second kappa shape index (κ2) is 3.84. The second-order valence-corrected chi connectivity index (χ2v) is 3.81. The fourth-order valence-corrected chi connectivity index (χ4v) is 1.28. The van der Waals surface area contributed by atoms with Gasteiger partial charge < -0.3 is 14.7 Å². The standard InChI is InChI=1S/C11H12N2O3/c1-6(2)10-12-11(16-13-10)8-4-3-7(14)5-9(8)15/h3-6,14-15H,1-2H3. The van der Waals surface area contributed by atoms with Gasteiger partial charge in [-0.2, -0.15) is 4.98 Å². The molecule has 2 rings (SSSR count). The van der Waals surface area contributed by atoms with Gasteiger partial charge in [-0.15, -0.1) is 0 Å². The molecule has 2 aromatic rings. The molecule has 0 amide bonds. The lowest BCUT2D eigenvalue weighted by atomic mass is 10.2. The van der Waals surface area contributed by atoms with E-state index < -0.39 is 0 Å². The first-order valence-corrected chi connectivity index (χ1v) is 4.94. The summed E-state index contributed by atoms with van der Waals surface area (Å²) in [5.74, 6) is 0.907. The van der Waals surface area contributed by atoms with Crippen LogP contribution < -0.4 is 0 Å². The predicted octanol–water partition coefficient (Wildman–Crippen LogP) is 2.27. The Bertz CT molecular complexity index is 506. The zero-order chi connectivity index (χ0) is 11.7. The van der Waals surface area contributed by atoms with Crippen molar-refractivity contribution in [1.82, 2.24) is 10.1 Å². The maximum Gasteiger partial charge on any atom is 0.261 e. The van der Waals surface area contributed by atoms with Crippen molar-refractivity contribution in [3.8, 4) is 23.0 Å². The molecule has 1 aromatic heterocycles. The van der Waals surface area contributed by atoms with Crippen LogP contribution in [0, 0.1) is 0 Å². The summed E-state index contributed by atoms with van der Waals surface area (Å²) in [6, 6.07) is 4.21. The van der Waals surface area contributed by atoms with E-state index in [-0.39, 0.29) is 23.3 Å². The minimum Gasteiger partial charge on any atom is -0.508 e. The van der Waals surface area contributed by atoms with Gasteiger partial charge >= 0.3 is 0 Å². The highest BCUT2D eigenvalue weighted by atomic mass is 16.5. The maximum atomic E-state index is 9.60. The Hall–Kier alpha value is -2.04. The SMILES string of the molecule is CC(C)c1noc(-c2ccc(O)cc2O)n1. The van der Waals surface area contributed by atoms with Gasteiger partial charge in [-0.05, 0) is 12.1 Å². The molecule has 0 saturated carbocycles. The Balaban J connectivity index is 2.42. The normalized spacial score (nSPS) is 10.9. The quantitative estimate of drug-likeness (QED) is 0.811. The Morgan fingerprint density at radius 3 is 2.56 bits per heavy atom. The molecule has 5 nitrogen and oxygen atoms in total. The van der Waals surface area contributed by atoms with Crippen molar-refractivity contribution in [2.75, 3.05) is 0 Å². The van der Waals surface area contributed by atoms with Crippen molar-refractivity contribution in [1.29, 1.82) is 0 Å². The molecule has 1 aromatic carbocycles. The molecule has 2 N–H and O–H groups in total. The molecular formula is C11H12N2O3. The van der Waals surface area contributed by atoms with E-state index in [1.165, 1.54) is 18.2 Å². The van der Waals surface area contributed by atoms with Crippen LogP contribution >= 0.6 is 0 Å². The highest BCUT2D eigenvalue weighted by Crippen LogP contribution is 2.31. The van der Waals surface area contributed by atoms with Crippen LogP contribution in [-0.4, -0.2) is 20.4 Å². The average molecular weight is 220 g/mol. The number of aromatic nitrogens is 2. The van der Waals surface area contributed by atoms with Crippen molar-refractivity contribution >= 4 is 0 Å². The number of phenolic OH excluding ortho intramolecular Hbond substituents is 2. The highest BCUT2D eigenvalue weighted by Gasteiger charge is 2.14. The minimum absolute atomic E-state index is 0.00940. The van der Waals surface area contributed by atoms with Gasteiger partial charge in [0.15, 0.2) is 5.82 Å². The zero-order valence-corrected chi connectivity index (χ0v) is 9.01. The van der Waals surface area contributed by atoms with Crippen LogP contribution in [0.25, 0.3) is 11.5 Å². The lowest BCUT2D eigenvalue weighted by Crippen LogP contribution is -1.89. The molecule has 16 heavy (non-hydrogen) atoms. The Morgan fingerprint density at radius 2 is 2.00 bits per heavy atom.